The summed E-state index contributed by atoms with van der Waals surface area (Å²) in [4.78, 5) is 24.7. The van der Waals surface area contributed by atoms with Gasteiger partial charge in [0, 0.05) is 19.4 Å². The van der Waals surface area contributed by atoms with E-state index in [-0.39, 0.29) is 13.1 Å². The van der Waals surface area contributed by atoms with Crippen LogP contribution in [0.5, 0.6) is 0 Å². The van der Waals surface area contributed by atoms with E-state index in [1.54, 1.807) is 6.92 Å². The highest BCUT2D eigenvalue weighted by Gasteiger charge is 2.60. The highest BCUT2D eigenvalue weighted by atomic mass is 16.9. The molecule has 11 unspecified atom stereocenters. The third kappa shape index (κ3) is 13.9. The molecule has 1 amide bonds. The second-order valence-corrected chi connectivity index (χ2v) is 19.6. The molecule has 78 heavy (non-hydrogen) atoms. The molecule has 19 N–H and O–H groups in total. The maximum absolute atomic E-state index is 12.9. The fourth-order valence-corrected chi connectivity index (χ4v) is 10.0. The van der Waals surface area contributed by atoms with Crippen molar-refractivity contribution in [2.45, 2.75) is 211 Å². The average Bonchev–Trinajstić information content (AvgIpc) is 3.50. The summed E-state index contributed by atoms with van der Waals surface area (Å²) < 4.78 is 73.8. The molecule has 0 bridgehead atoms. The van der Waals surface area contributed by atoms with E-state index in [0.717, 1.165) is 6.92 Å². The van der Waals surface area contributed by atoms with E-state index in [9.17, 15) is 102 Å². The molecule has 6 aliphatic heterocycles. The van der Waals surface area contributed by atoms with Crippen molar-refractivity contribution in [2.24, 2.45) is 5.92 Å². The van der Waals surface area contributed by atoms with Gasteiger partial charge in [0.1, 0.15) is 134 Å². The Labute approximate surface area is 443 Å². The van der Waals surface area contributed by atoms with Gasteiger partial charge in [-0.3, -0.25) is 9.59 Å². The maximum Gasteiger partial charge on any atom is 0.332 e. The molecule has 0 radical (unpaired) electrons. The zero-order valence-corrected chi connectivity index (χ0v) is 42.2. The van der Waals surface area contributed by atoms with Gasteiger partial charge in [-0.05, 0) is 6.92 Å². The van der Waals surface area contributed by atoms with Gasteiger partial charge in [-0.15, -0.1) is 0 Å². The Kier molecular flexibility index (Phi) is 23.6. The number of hydrogen-bond acceptors (Lipinski definition) is 33. The van der Waals surface area contributed by atoms with Crippen LogP contribution >= 0.6 is 0 Å². The molecule has 6 heterocycles. The molecular weight excluding hydrogens is 1070 g/mol. The van der Waals surface area contributed by atoms with Crippen LogP contribution in [-0.4, -0.2) is 334 Å². The lowest BCUT2D eigenvalue weighted by atomic mass is 9.86. The van der Waals surface area contributed by atoms with Crippen LogP contribution in [0, 0.1) is 5.92 Å². The molecule has 0 aromatic heterocycles. The fourth-order valence-electron chi connectivity index (χ4n) is 10.0. The minimum Gasteiger partial charge on any atom is -0.410 e. The molecule has 0 spiro atoms. The van der Waals surface area contributed by atoms with E-state index in [4.69, 9.17) is 61.6 Å². The number of nitrogens with one attached hydrogen (secondary N) is 1. The summed E-state index contributed by atoms with van der Waals surface area (Å²) in [5, 5.41) is 197. The number of amides is 1. The van der Waals surface area contributed by atoms with Crippen molar-refractivity contribution in [1.82, 2.24) is 5.32 Å². The van der Waals surface area contributed by atoms with E-state index in [0.29, 0.717) is 0 Å². The number of aliphatic hydroxyl groups is 18. The first-order valence-corrected chi connectivity index (χ1v) is 25.1. The van der Waals surface area contributed by atoms with Crippen LogP contribution in [-0.2, 0) is 71.2 Å². The number of aliphatic hydroxyl groups excluding tert-OH is 18. The zero-order chi connectivity index (χ0) is 57.7. The highest BCUT2D eigenvalue weighted by molar-refractivity contribution is 5.73. The van der Waals surface area contributed by atoms with E-state index < -0.39 is 242 Å². The second kappa shape index (κ2) is 28.3. The van der Waals surface area contributed by atoms with Crippen LogP contribution in [0.15, 0.2) is 0 Å². The Hall–Kier alpha value is -2.26. The van der Waals surface area contributed by atoms with Crippen LogP contribution in [0.1, 0.15) is 27.2 Å². The molecule has 34 heteroatoms. The van der Waals surface area contributed by atoms with Gasteiger partial charge in [-0.1, -0.05) is 6.92 Å². The van der Waals surface area contributed by atoms with Gasteiger partial charge in [0.2, 0.25) is 5.91 Å². The highest BCUT2D eigenvalue weighted by Crippen LogP contribution is 2.41. The van der Waals surface area contributed by atoms with Crippen molar-refractivity contribution < 1.29 is 163 Å². The largest absolute Gasteiger partial charge is 0.410 e. The number of carbonyl (C=O) groups excluding carboxylic acids is 2. The SMILES string of the molecule is CCO[C@@H]1OC(CO)[C@@H](O[C@@H]2OC(CO)[C@H](O[C@H]3OC(CO)[C@H](O)[C@H](O[C@@H]4OC(CO)[C@H](O)[C@H](O[C@@H]5OC(CO)[C@H](O)[C@H](O[C@]6(OC=O)C[C@@H](O)[C@@H](C)C([C@H](O)[C@H](O)CO)O6)C5O)C4NC(C)=O)C3O)[C@H](O)C2O)[C@H](O)C1O. The summed E-state index contributed by atoms with van der Waals surface area (Å²) in [7, 11) is 0. The molecule has 0 saturated carbocycles. The van der Waals surface area contributed by atoms with Crippen LogP contribution < -0.4 is 5.32 Å². The Morgan fingerprint density at radius 2 is 1.00 bits per heavy atom. The van der Waals surface area contributed by atoms with Gasteiger partial charge in [0.25, 0.3) is 6.47 Å². The molecule has 34 nitrogen and oxygen atoms in total. The van der Waals surface area contributed by atoms with Crippen LogP contribution in [0.25, 0.3) is 0 Å². The molecule has 6 saturated heterocycles. The zero-order valence-electron chi connectivity index (χ0n) is 42.2. The third-order valence-electron chi connectivity index (χ3n) is 14.4. The average molecular weight is 1150 g/mol. The van der Waals surface area contributed by atoms with E-state index in [1.807, 2.05) is 0 Å². The molecule has 0 aliphatic carbocycles. The first kappa shape index (κ1) is 64.9. The molecule has 6 aliphatic rings. The van der Waals surface area contributed by atoms with Crippen molar-refractivity contribution in [3.05, 3.63) is 0 Å². The van der Waals surface area contributed by atoms with Crippen molar-refractivity contribution in [2.75, 3.05) is 46.2 Å². The Bertz CT molecular complexity index is 1850. The van der Waals surface area contributed by atoms with Crippen LogP contribution in [0.3, 0.4) is 0 Å². The third-order valence-corrected chi connectivity index (χ3v) is 14.4. The van der Waals surface area contributed by atoms with Gasteiger partial charge in [0.05, 0.1) is 58.3 Å². The standard InChI is InChI=1S/C44H75NO33/c1-4-66-40-29(62)27(60)34(20(10-50)71-40)73-41-30(63)28(61)35(21(11-51)72-41)74-42-31(64)37(25(58)18(8-48)69-42)76-39-22(45-14(3)53)36(24(57)17(7-47)68-39)75-43-32(65)38(26(59)19(9-49)70-43)78-44(67-12-52)5-15(54)13(2)33(77-44)23(56)16(55)6-46/h12-13,15-43,46-51,54-65H,4-11H2,1-3H3,(H,45,53)/t13-,15-,16-,17?,18?,19?,20?,21?,22?,23-,24+,25+,26+,27-,28-,29?,30?,31?,32?,33?,34-,35+,36-,37+,38+,39+,40-,41+,42-,43+,44+/m1/s1. The summed E-state index contributed by atoms with van der Waals surface area (Å²) in [6, 6.07) is -1.85. The van der Waals surface area contributed by atoms with Crippen molar-refractivity contribution in [3.8, 4) is 0 Å². The quantitative estimate of drug-likeness (QED) is 0.0334. The topological polar surface area (TPSA) is 530 Å². The molecular formula is C44H75NO33. The number of rotatable bonds is 23. The van der Waals surface area contributed by atoms with E-state index >= 15 is 0 Å². The molecule has 0 aromatic rings. The predicted molar refractivity (Wildman–Crippen MR) is 240 cm³/mol. The Morgan fingerprint density at radius 1 is 0.577 bits per heavy atom. The summed E-state index contributed by atoms with van der Waals surface area (Å²) >= 11 is 0. The Balaban J connectivity index is 1.23. The molecule has 0 aromatic carbocycles. The number of hydrogen-bond donors (Lipinski definition) is 19. The van der Waals surface area contributed by atoms with Crippen LogP contribution in [0.4, 0.5) is 0 Å². The molecule has 6 rings (SSSR count). The summed E-state index contributed by atoms with van der Waals surface area (Å²) in [5.74, 6) is -4.73. The number of ether oxygens (including phenoxy) is 13. The molecule has 6 fully saturated rings. The fraction of sp³-hybridized carbons (Fsp3) is 0.955. The summed E-state index contributed by atoms with van der Waals surface area (Å²) in [6.07, 6.45) is -54.0. The van der Waals surface area contributed by atoms with E-state index in [1.165, 1.54) is 6.92 Å². The molecule has 454 valence electrons. The number of carbonyl (C=O) groups is 2. The minimum atomic E-state index is -2.79. The monoisotopic (exact) mass is 1150 g/mol. The van der Waals surface area contributed by atoms with Gasteiger partial charge < -0.3 is 159 Å². The second-order valence-electron chi connectivity index (χ2n) is 19.6. The smallest absolute Gasteiger partial charge is 0.332 e. The lowest BCUT2D eigenvalue weighted by Crippen LogP contribution is -2.70. The van der Waals surface area contributed by atoms with Crippen molar-refractivity contribution >= 4 is 12.4 Å². The Morgan fingerprint density at radius 3 is 1.49 bits per heavy atom. The van der Waals surface area contributed by atoms with Gasteiger partial charge in [-0.2, -0.15) is 0 Å². The van der Waals surface area contributed by atoms with Gasteiger partial charge >= 0.3 is 5.97 Å². The normalized spacial score (nSPS) is 48.2. The summed E-state index contributed by atoms with van der Waals surface area (Å²) in [6.45, 7) is -2.21. The predicted octanol–water partition coefficient (Wildman–Crippen LogP) is -12.4. The lowest BCUT2D eigenvalue weighted by Gasteiger charge is -2.51. The van der Waals surface area contributed by atoms with Gasteiger partial charge in [-0.25, -0.2) is 0 Å². The summed E-state index contributed by atoms with van der Waals surface area (Å²) in [5.41, 5.74) is 0. The maximum atomic E-state index is 12.9. The first-order valence-electron chi connectivity index (χ1n) is 25.1. The molecule has 31 atom stereocenters. The minimum absolute atomic E-state index is 0.0431. The van der Waals surface area contributed by atoms with Crippen molar-refractivity contribution in [3.63, 3.8) is 0 Å². The van der Waals surface area contributed by atoms with Crippen molar-refractivity contribution in [1.29, 1.82) is 0 Å². The van der Waals surface area contributed by atoms with E-state index in [2.05, 4.69) is 5.32 Å². The lowest BCUT2D eigenvalue weighted by molar-refractivity contribution is -0.448. The van der Waals surface area contributed by atoms with Gasteiger partial charge in [0.15, 0.2) is 31.5 Å². The van der Waals surface area contributed by atoms with Crippen LogP contribution in [0.2, 0.25) is 0 Å². The first-order chi connectivity index (χ1) is 37.0.